The van der Waals surface area contributed by atoms with Gasteiger partial charge in [0.25, 0.3) is 5.91 Å². The summed E-state index contributed by atoms with van der Waals surface area (Å²) < 4.78 is 5.25. The van der Waals surface area contributed by atoms with E-state index in [0.29, 0.717) is 44.5 Å². The van der Waals surface area contributed by atoms with E-state index in [0.717, 1.165) is 35.9 Å². The lowest BCUT2D eigenvalue weighted by atomic mass is 9.83. The molecule has 0 unspecified atom stereocenters. The van der Waals surface area contributed by atoms with Crippen LogP contribution >= 0.6 is 0 Å². The van der Waals surface area contributed by atoms with Gasteiger partial charge in [-0.2, -0.15) is 0 Å². The fourth-order valence-corrected chi connectivity index (χ4v) is 6.77. The molecule has 1 aromatic carbocycles. The van der Waals surface area contributed by atoms with Crippen molar-refractivity contribution in [1.82, 2.24) is 25.0 Å². The number of nitrogens with zero attached hydrogens (tertiary/aromatic N) is 3. The van der Waals surface area contributed by atoms with Crippen molar-refractivity contribution in [2.24, 2.45) is 5.92 Å². The Morgan fingerprint density at radius 1 is 1.13 bits per heavy atom. The number of carbonyl (C=O) groups is 3. The number of rotatable bonds is 12. The van der Waals surface area contributed by atoms with Gasteiger partial charge in [-0.25, -0.2) is 4.79 Å². The molecule has 4 amide bonds. The van der Waals surface area contributed by atoms with E-state index in [-0.39, 0.29) is 24.3 Å². The summed E-state index contributed by atoms with van der Waals surface area (Å²) in [7, 11) is 1.69. The van der Waals surface area contributed by atoms with Gasteiger partial charge >= 0.3 is 6.03 Å². The average Bonchev–Trinajstić information content (AvgIpc) is 3.49. The van der Waals surface area contributed by atoms with E-state index in [4.69, 9.17) is 4.74 Å². The number of hydrogen-bond acceptors (Lipinski definition) is 5. The first-order valence-corrected chi connectivity index (χ1v) is 14.7. The van der Waals surface area contributed by atoms with E-state index >= 15 is 0 Å². The molecule has 3 atom stereocenters. The van der Waals surface area contributed by atoms with Crippen molar-refractivity contribution in [2.75, 3.05) is 46.4 Å². The molecule has 4 heterocycles. The van der Waals surface area contributed by atoms with Gasteiger partial charge in [0.05, 0.1) is 0 Å². The van der Waals surface area contributed by atoms with Crippen LogP contribution in [0.15, 0.2) is 30.5 Å². The van der Waals surface area contributed by atoms with Crippen LogP contribution in [0.1, 0.15) is 56.9 Å². The summed E-state index contributed by atoms with van der Waals surface area (Å²) in [5.41, 5.74) is 2.12. The lowest BCUT2D eigenvalue weighted by Crippen LogP contribution is -2.51. The highest BCUT2D eigenvalue weighted by atomic mass is 16.5. The Labute approximate surface area is 231 Å². The predicted molar refractivity (Wildman–Crippen MR) is 150 cm³/mol. The van der Waals surface area contributed by atoms with Crippen LogP contribution in [0.2, 0.25) is 0 Å². The molecule has 0 bridgehead atoms. The topological polar surface area (TPSA) is 98.0 Å². The third-order valence-corrected chi connectivity index (χ3v) is 8.85. The van der Waals surface area contributed by atoms with Gasteiger partial charge < -0.3 is 24.8 Å². The number of hydrogen-bond donors (Lipinski definition) is 2. The van der Waals surface area contributed by atoms with Gasteiger partial charge in [-0.15, -0.1) is 0 Å². The number of aromatic amines is 1. The van der Waals surface area contributed by atoms with Gasteiger partial charge in [-0.05, 0) is 75.6 Å². The van der Waals surface area contributed by atoms with Crippen LogP contribution in [0.4, 0.5) is 4.79 Å². The number of urea groups is 1. The highest BCUT2D eigenvalue weighted by Gasteiger charge is 2.38. The van der Waals surface area contributed by atoms with Crippen LogP contribution in [-0.4, -0.2) is 96.1 Å². The highest BCUT2D eigenvalue weighted by molar-refractivity contribution is 6.04. The van der Waals surface area contributed by atoms with Gasteiger partial charge in [0.15, 0.2) is 0 Å². The zero-order valence-electron chi connectivity index (χ0n) is 23.2. The molecule has 3 aliphatic rings. The zero-order chi connectivity index (χ0) is 27.2. The first kappa shape index (κ1) is 27.6. The number of carbonyl (C=O) groups excluding carboxylic acids is 3. The lowest BCUT2D eigenvalue weighted by molar-refractivity contribution is -0.133. The number of imide groups is 1. The molecule has 0 spiro atoms. The first-order valence-electron chi connectivity index (χ1n) is 14.7. The number of amides is 4. The fourth-order valence-electron chi connectivity index (χ4n) is 6.77. The number of piperidine rings is 2. The number of methoxy groups -OCH3 is 1. The number of aromatic nitrogens is 1. The average molecular weight is 538 g/mol. The summed E-state index contributed by atoms with van der Waals surface area (Å²) in [6.45, 7) is 4.73. The van der Waals surface area contributed by atoms with E-state index in [2.05, 4.69) is 15.2 Å². The molecule has 3 saturated heterocycles. The van der Waals surface area contributed by atoms with Crippen molar-refractivity contribution < 1.29 is 19.1 Å². The molecule has 5 rings (SSSR count). The molecule has 39 heavy (non-hydrogen) atoms. The fraction of sp³-hybridized carbons (Fsp3) is 0.633. The van der Waals surface area contributed by atoms with Crippen molar-refractivity contribution in [3.8, 4) is 0 Å². The Morgan fingerprint density at radius 3 is 2.85 bits per heavy atom. The summed E-state index contributed by atoms with van der Waals surface area (Å²) in [5, 5.41) is 3.92. The van der Waals surface area contributed by atoms with E-state index in [1.165, 1.54) is 43.7 Å². The Balaban J connectivity index is 1.15. The summed E-state index contributed by atoms with van der Waals surface area (Å²) in [6, 6.07) is 7.58. The van der Waals surface area contributed by atoms with E-state index in [1.807, 2.05) is 35.4 Å². The Hall–Kier alpha value is -2.91. The van der Waals surface area contributed by atoms with Crippen LogP contribution in [0, 0.1) is 5.92 Å². The molecule has 2 N–H and O–H groups in total. The molecule has 2 aromatic rings. The van der Waals surface area contributed by atoms with Crippen molar-refractivity contribution in [2.45, 2.75) is 69.9 Å². The molecule has 0 saturated carbocycles. The second-order valence-electron chi connectivity index (χ2n) is 11.3. The van der Waals surface area contributed by atoms with Crippen molar-refractivity contribution in [1.29, 1.82) is 0 Å². The summed E-state index contributed by atoms with van der Waals surface area (Å²) in [5.74, 6) is 0.334. The van der Waals surface area contributed by atoms with Gasteiger partial charge in [0.2, 0.25) is 5.91 Å². The quantitative estimate of drug-likeness (QED) is 0.319. The number of ether oxygens (including phenoxy) is 1. The Kier molecular flexibility index (Phi) is 9.19. The number of benzene rings is 1. The molecular formula is C30H43N5O4. The number of para-hydroxylation sites is 1. The van der Waals surface area contributed by atoms with Crippen LogP contribution in [0.25, 0.3) is 10.9 Å². The SMILES string of the molecule is COCCCN(C[C@@H]1CCCN2CCCC[C@@H]12)C(=O)CC[C@@H]1NC(=O)N(CCc2c[nH]c3ccccc23)C1=O. The van der Waals surface area contributed by atoms with Crippen LogP contribution in [-0.2, 0) is 20.7 Å². The van der Waals surface area contributed by atoms with Gasteiger partial charge in [0, 0.05) is 62.9 Å². The Morgan fingerprint density at radius 2 is 1.97 bits per heavy atom. The van der Waals surface area contributed by atoms with Crippen molar-refractivity contribution in [3.63, 3.8) is 0 Å². The lowest BCUT2D eigenvalue weighted by Gasteiger charge is -2.45. The van der Waals surface area contributed by atoms with Crippen LogP contribution in [0.5, 0.6) is 0 Å². The van der Waals surface area contributed by atoms with Crippen LogP contribution in [0.3, 0.4) is 0 Å². The Bertz CT molecular complexity index is 1150. The highest BCUT2D eigenvalue weighted by Crippen LogP contribution is 2.31. The standard InChI is InChI=1S/C30H43N5O4/c1-39-19-7-17-34(21-23-8-6-16-33-15-5-4-11-27(23)33)28(36)13-12-26-29(37)35(30(38)32-26)18-14-22-20-31-25-10-3-2-9-24(22)25/h2-3,9-10,20,23,26-27,31H,4-8,11-19,21H2,1H3,(H,32,38)/t23-,26-,27-/m0/s1. The van der Waals surface area contributed by atoms with E-state index in [1.54, 1.807) is 7.11 Å². The minimum absolute atomic E-state index is 0.0679. The maximum atomic E-state index is 13.4. The molecule has 212 valence electrons. The minimum atomic E-state index is -0.645. The molecule has 0 radical (unpaired) electrons. The molecule has 0 aliphatic carbocycles. The number of nitrogens with one attached hydrogen (secondary N) is 2. The predicted octanol–water partition coefficient (Wildman–Crippen LogP) is 3.54. The third kappa shape index (κ3) is 6.47. The largest absolute Gasteiger partial charge is 0.385 e. The summed E-state index contributed by atoms with van der Waals surface area (Å²) in [4.78, 5) is 48.3. The smallest absolute Gasteiger partial charge is 0.324 e. The second-order valence-corrected chi connectivity index (χ2v) is 11.3. The molecule has 3 fully saturated rings. The zero-order valence-corrected chi connectivity index (χ0v) is 23.2. The summed E-state index contributed by atoms with van der Waals surface area (Å²) >= 11 is 0. The van der Waals surface area contributed by atoms with Gasteiger partial charge in [-0.1, -0.05) is 24.6 Å². The monoisotopic (exact) mass is 537 g/mol. The number of H-pyrrole nitrogens is 1. The van der Waals surface area contributed by atoms with Crippen molar-refractivity contribution in [3.05, 3.63) is 36.0 Å². The van der Waals surface area contributed by atoms with E-state index < -0.39 is 6.04 Å². The third-order valence-electron chi connectivity index (χ3n) is 8.85. The molecular weight excluding hydrogens is 494 g/mol. The minimum Gasteiger partial charge on any atom is -0.385 e. The van der Waals surface area contributed by atoms with Gasteiger partial charge in [-0.3, -0.25) is 14.5 Å². The van der Waals surface area contributed by atoms with E-state index in [9.17, 15) is 14.4 Å². The molecule has 3 aliphatic heterocycles. The molecule has 1 aromatic heterocycles. The number of fused-ring (bicyclic) bond motifs is 2. The maximum Gasteiger partial charge on any atom is 0.324 e. The summed E-state index contributed by atoms with van der Waals surface area (Å²) in [6.07, 6.45) is 10.0. The van der Waals surface area contributed by atoms with Crippen molar-refractivity contribution >= 4 is 28.7 Å². The van der Waals surface area contributed by atoms with Gasteiger partial charge in [0.1, 0.15) is 6.04 Å². The van der Waals surface area contributed by atoms with Crippen LogP contribution < -0.4 is 5.32 Å². The molecule has 9 nitrogen and oxygen atoms in total. The maximum absolute atomic E-state index is 13.4. The first-order chi connectivity index (χ1) is 19.0. The second kappa shape index (κ2) is 13.0. The normalized spacial score (nSPS) is 23.7. The molecule has 9 heteroatoms.